The van der Waals surface area contributed by atoms with Crippen LogP contribution in [0.1, 0.15) is 23.7 Å². The molecule has 0 aliphatic carbocycles. The van der Waals surface area contributed by atoms with Crippen molar-refractivity contribution >= 4 is 23.2 Å². The maximum absolute atomic E-state index is 12.8. The minimum absolute atomic E-state index is 0.112. The van der Waals surface area contributed by atoms with Crippen molar-refractivity contribution in [1.82, 2.24) is 0 Å². The summed E-state index contributed by atoms with van der Waals surface area (Å²) in [5, 5.41) is 2.89. The maximum Gasteiger partial charge on any atom is 0.267 e. The van der Waals surface area contributed by atoms with E-state index in [0.717, 1.165) is 5.75 Å². The van der Waals surface area contributed by atoms with E-state index in [4.69, 9.17) is 9.47 Å². The SMILES string of the molecule is CC1Oc2ccc(NC(=O)c3ccccc3)cc2N(CCCOc2ccccc2)C1=O. The highest BCUT2D eigenvalue weighted by Gasteiger charge is 2.31. The van der Waals surface area contributed by atoms with Gasteiger partial charge in [-0.15, -0.1) is 0 Å². The number of fused-ring (bicyclic) bond motifs is 1. The van der Waals surface area contributed by atoms with Crippen LogP contribution in [0, 0.1) is 0 Å². The highest BCUT2D eigenvalue weighted by Crippen LogP contribution is 2.36. The van der Waals surface area contributed by atoms with Gasteiger partial charge in [-0.05, 0) is 55.8 Å². The Morgan fingerprint density at radius 3 is 2.48 bits per heavy atom. The first-order valence-electron chi connectivity index (χ1n) is 10.3. The summed E-state index contributed by atoms with van der Waals surface area (Å²) in [5.74, 6) is 1.10. The van der Waals surface area contributed by atoms with Crippen LogP contribution >= 0.6 is 0 Å². The van der Waals surface area contributed by atoms with Gasteiger partial charge in [0.05, 0.1) is 12.3 Å². The zero-order chi connectivity index (χ0) is 21.6. The minimum atomic E-state index is -0.563. The quantitative estimate of drug-likeness (QED) is 0.575. The third-order valence-corrected chi connectivity index (χ3v) is 5.00. The first-order chi connectivity index (χ1) is 15.1. The number of carbonyl (C=O) groups is 2. The van der Waals surface area contributed by atoms with Crippen LogP contribution in [-0.4, -0.2) is 31.1 Å². The highest BCUT2D eigenvalue weighted by atomic mass is 16.5. The van der Waals surface area contributed by atoms with Gasteiger partial charge in [0.15, 0.2) is 6.10 Å². The number of hydrogen-bond donors (Lipinski definition) is 1. The van der Waals surface area contributed by atoms with Gasteiger partial charge in [-0.1, -0.05) is 36.4 Å². The van der Waals surface area contributed by atoms with Crippen LogP contribution in [0.15, 0.2) is 78.9 Å². The molecule has 1 aliphatic heterocycles. The second-order valence-electron chi connectivity index (χ2n) is 7.27. The van der Waals surface area contributed by atoms with Gasteiger partial charge in [0.1, 0.15) is 11.5 Å². The zero-order valence-corrected chi connectivity index (χ0v) is 17.3. The van der Waals surface area contributed by atoms with Gasteiger partial charge in [0, 0.05) is 17.8 Å². The molecule has 0 aromatic heterocycles. The molecule has 1 unspecified atom stereocenters. The van der Waals surface area contributed by atoms with Crippen molar-refractivity contribution in [2.75, 3.05) is 23.4 Å². The lowest BCUT2D eigenvalue weighted by molar-refractivity contribution is -0.125. The molecule has 158 valence electrons. The van der Waals surface area contributed by atoms with Gasteiger partial charge in [-0.25, -0.2) is 0 Å². The lowest BCUT2D eigenvalue weighted by Gasteiger charge is -2.33. The molecule has 1 atom stereocenters. The highest BCUT2D eigenvalue weighted by molar-refractivity contribution is 6.05. The Labute approximate surface area is 181 Å². The number of amides is 2. The van der Waals surface area contributed by atoms with Crippen LogP contribution in [-0.2, 0) is 4.79 Å². The average Bonchev–Trinajstić information content (AvgIpc) is 2.80. The summed E-state index contributed by atoms with van der Waals surface area (Å²) in [6.07, 6.45) is 0.0974. The molecule has 0 saturated carbocycles. The predicted octanol–water partition coefficient (Wildman–Crippen LogP) is 4.52. The topological polar surface area (TPSA) is 67.9 Å². The molecule has 6 heteroatoms. The Hall–Kier alpha value is -3.80. The van der Waals surface area contributed by atoms with Crippen molar-refractivity contribution in [2.24, 2.45) is 0 Å². The van der Waals surface area contributed by atoms with Gasteiger partial charge in [-0.3, -0.25) is 9.59 Å². The van der Waals surface area contributed by atoms with Crippen molar-refractivity contribution in [3.05, 3.63) is 84.4 Å². The Kier molecular flexibility index (Phi) is 6.17. The number of rotatable bonds is 7. The number of benzene rings is 3. The fraction of sp³-hybridized carbons (Fsp3) is 0.200. The molecule has 0 radical (unpaired) electrons. The fourth-order valence-corrected chi connectivity index (χ4v) is 3.44. The molecule has 6 nitrogen and oxygen atoms in total. The second kappa shape index (κ2) is 9.34. The van der Waals surface area contributed by atoms with Crippen LogP contribution in [0.2, 0.25) is 0 Å². The maximum atomic E-state index is 12.8. The summed E-state index contributed by atoms with van der Waals surface area (Å²) in [6, 6.07) is 23.9. The number of ether oxygens (including phenoxy) is 2. The molecular formula is C25H24N2O4. The number of carbonyl (C=O) groups excluding carboxylic acids is 2. The molecule has 0 bridgehead atoms. The van der Waals surface area contributed by atoms with E-state index in [1.165, 1.54) is 0 Å². The van der Waals surface area contributed by atoms with Crippen LogP contribution < -0.4 is 19.7 Å². The standard InChI is InChI=1S/C25H24N2O4/c1-18-25(29)27(15-8-16-30-21-11-6-3-7-12-21)22-17-20(13-14-23(22)31-18)26-24(28)19-9-4-2-5-10-19/h2-7,9-14,17-18H,8,15-16H2,1H3,(H,26,28). The summed E-state index contributed by atoms with van der Waals surface area (Å²) >= 11 is 0. The van der Waals surface area contributed by atoms with Gasteiger partial charge < -0.3 is 19.7 Å². The largest absolute Gasteiger partial charge is 0.494 e. The Bertz CT molecular complexity index is 1050. The zero-order valence-electron chi connectivity index (χ0n) is 17.3. The van der Waals surface area contributed by atoms with Crippen LogP contribution in [0.5, 0.6) is 11.5 Å². The third-order valence-electron chi connectivity index (χ3n) is 5.00. The molecule has 0 spiro atoms. The molecule has 3 aromatic carbocycles. The second-order valence-corrected chi connectivity index (χ2v) is 7.27. The van der Waals surface area contributed by atoms with Gasteiger partial charge in [-0.2, -0.15) is 0 Å². The molecule has 3 aromatic rings. The summed E-state index contributed by atoms with van der Waals surface area (Å²) in [6.45, 7) is 2.72. The van der Waals surface area contributed by atoms with Crippen LogP contribution in [0.3, 0.4) is 0 Å². The van der Waals surface area contributed by atoms with E-state index >= 15 is 0 Å². The Balaban J connectivity index is 1.46. The fourth-order valence-electron chi connectivity index (χ4n) is 3.44. The summed E-state index contributed by atoms with van der Waals surface area (Å²) in [5.41, 5.74) is 1.81. The number of nitrogens with one attached hydrogen (secondary N) is 1. The van der Waals surface area contributed by atoms with Crippen molar-refractivity contribution in [3.63, 3.8) is 0 Å². The van der Waals surface area contributed by atoms with Crippen molar-refractivity contribution in [1.29, 1.82) is 0 Å². The molecule has 2 amide bonds. The lowest BCUT2D eigenvalue weighted by Crippen LogP contribution is -2.45. The summed E-state index contributed by atoms with van der Waals surface area (Å²) in [7, 11) is 0. The molecular weight excluding hydrogens is 392 g/mol. The van der Waals surface area contributed by atoms with E-state index in [0.29, 0.717) is 42.3 Å². The van der Waals surface area contributed by atoms with E-state index in [1.807, 2.05) is 48.5 Å². The number of nitrogens with zero attached hydrogens (tertiary/aromatic N) is 1. The normalized spacial score (nSPS) is 15.1. The summed E-state index contributed by atoms with van der Waals surface area (Å²) < 4.78 is 11.5. The van der Waals surface area contributed by atoms with Crippen molar-refractivity contribution in [2.45, 2.75) is 19.4 Å². The van der Waals surface area contributed by atoms with Crippen LogP contribution in [0.4, 0.5) is 11.4 Å². The van der Waals surface area contributed by atoms with Gasteiger partial charge in [0.25, 0.3) is 11.8 Å². The average molecular weight is 416 g/mol. The molecule has 1 heterocycles. The minimum Gasteiger partial charge on any atom is -0.494 e. The predicted molar refractivity (Wildman–Crippen MR) is 120 cm³/mol. The monoisotopic (exact) mass is 416 g/mol. The number of hydrogen-bond acceptors (Lipinski definition) is 4. The molecule has 0 fully saturated rings. The summed E-state index contributed by atoms with van der Waals surface area (Å²) in [4.78, 5) is 27.0. The first kappa shape index (κ1) is 20.5. The van der Waals surface area contributed by atoms with E-state index in [2.05, 4.69) is 5.32 Å². The van der Waals surface area contributed by atoms with E-state index in [-0.39, 0.29) is 11.8 Å². The number of para-hydroxylation sites is 1. The van der Waals surface area contributed by atoms with Crippen molar-refractivity contribution < 1.29 is 19.1 Å². The number of anilines is 2. The third kappa shape index (κ3) is 4.86. The molecule has 31 heavy (non-hydrogen) atoms. The first-order valence-corrected chi connectivity index (χ1v) is 10.3. The van der Waals surface area contributed by atoms with Gasteiger partial charge in [0.2, 0.25) is 0 Å². The molecule has 0 saturated heterocycles. The molecule has 1 aliphatic rings. The Morgan fingerprint density at radius 2 is 1.74 bits per heavy atom. The van der Waals surface area contributed by atoms with E-state index in [9.17, 15) is 9.59 Å². The van der Waals surface area contributed by atoms with Crippen molar-refractivity contribution in [3.8, 4) is 11.5 Å². The Morgan fingerprint density at radius 1 is 1.03 bits per heavy atom. The molecule has 4 rings (SSSR count). The molecule has 1 N–H and O–H groups in total. The van der Waals surface area contributed by atoms with E-state index in [1.54, 1.807) is 42.2 Å². The smallest absolute Gasteiger partial charge is 0.267 e. The lowest BCUT2D eigenvalue weighted by atomic mass is 10.1. The van der Waals surface area contributed by atoms with E-state index < -0.39 is 6.10 Å². The van der Waals surface area contributed by atoms with Gasteiger partial charge >= 0.3 is 0 Å². The van der Waals surface area contributed by atoms with Crippen LogP contribution in [0.25, 0.3) is 0 Å².